The molecule has 0 aliphatic heterocycles. The van der Waals surface area contributed by atoms with Crippen molar-refractivity contribution in [2.45, 2.75) is 26.7 Å². The Bertz CT molecular complexity index is 553. The summed E-state index contributed by atoms with van der Waals surface area (Å²) in [4.78, 5) is 11.7. The van der Waals surface area contributed by atoms with Gasteiger partial charge in [-0.05, 0) is 31.0 Å². The van der Waals surface area contributed by atoms with Gasteiger partial charge >= 0.3 is 0 Å². The largest absolute Gasteiger partial charge is 0.397 e. The first-order chi connectivity index (χ1) is 8.84. The van der Waals surface area contributed by atoms with E-state index >= 15 is 0 Å². The number of aryl methyl sites for hydroxylation is 1. The molecule has 19 heavy (non-hydrogen) atoms. The predicted octanol–water partition coefficient (Wildman–Crippen LogP) is 1.73. The van der Waals surface area contributed by atoms with Gasteiger partial charge < -0.3 is 11.1 Å². The van der Waals surface area contributed by atoms with Crippen LogP contribution >= 0.6 is 0 Å². The number of rotatable bonds is 6. The Kier molecular flexibility index (Phi) is 5.35. The lowest BCUT2D eigenvalue weighted by molar-refractivity contribution is -0.113. The molecule has 1 rings (SSSR count). The van der Waals surface area contributed by atoms with Crippen LogP contribution in [-0.4, -0.2) is 25.8 Å². The van der Waals surface area contributed by atoms with Crippen molar-refractivity contribution < 1.29 is 13.2 Å². The number of nitrogens with two attached hydrogens (primary N) is 1. The highest BCUT2D eigenvalue weighted by atomic mass is 32.2. The van der Waals surface area contributed by atoms with Gasteiger partial charge in [0.1, 0.15) is 5.75 Å². The zero-order chi connectivity index (χ0) is 14.5. The van der Waals surface area contributed by atoms with Crippen molar-refractivity contribution >= 4 is 27.1 Å². The van der Waals surface area contributed by atoms with Gasteiger partial charge in [0.25, 0.3) is 0 Å². The number of hydrogen-bond donors (Lipinski definition) is 2. The van der Waals surface area contributed by atoms with Crippen LogP contribution in [0.5, 0.6) is 0 Å². The van der Waals surface area contributed by atoms with E-state index in [0.29, 0.717) is 17.8 Å². The molecule has 106 valence electrons. The van der Waals surface area contributed by atoms with Gasteiger partial charge in [0.05, 0.1) is 17.1 Å². The summed E-state index contributed by atoms with van der Waals surface area (Å²) >= 11 is 0. The summed E-state index contributed by atoms with van der Waals surface area (Å²) < 4.78 is 23.3. The number of unbranched alkanes of at least 4 members (excludes halogenated alkanes) is 1. The Balaban J connectivity index is 2.65. The number of amides is 1. The second kappa shape index (κ2) is 6.56. The molecule has 1 aromatic rings. The fourth-order valence-electron chi connectivity index (χ4n) is 1.62. The fraction of sp³-hybridized carbons (Fsp3) is 0.462. The second-order valence-electron chi connectivity index (χ2n) is 4.58. The Morgan fingerprint density at radius 2 is 2.05 bits per heavy atom. The van der Waals surface area contributed by atoms with Crippen molar-refractivity contribution in [2.75, 3.05) is 22.6 Å². The Hall–Kier alpha value is -1.56. The monoisotopic (exact) mass is 284 g/mol. The highest BCUT2D eigenvalue weighted by Gasteiger charge is 2.16. The molecule has 3 N–H and O–H groups in total. The first kappa shape index (κ1) is 15.5. The van der Waals surface area contributed by atoms with Gasteiger partial charge in [-0.2, -0.15) is 0 Å². The van der Waals surface area contributed by atoms with Gasteiger partial charge in [0, 0.05) is 0 Å². The van der Waals surface area contributed by atoms with Gasteiger partial charge in [0.15, 0.2) is 9.84 Å². The average Bonchev–Trinajstić information content (AvgIpc) is 2.29. The zero-order valence-corrected chi connectivity index (χ0v) is 12.1. The molecule has 5 nitrogen and oxygen atoms in total. The third kappa shape index (κ3) is 5.30. The van der Waals surface area contributed by atoms with E-state index in [1.165, 1.54) is 0 Å². The topological polar surface area (TPSA) is 89.3 Å². The van der Waals surface area contributed by atoms with Crippen molar-refractivity contribution in [1.82, 2.24) is 0 Å². The van der Waals surface area contributed by atoms with Crippen LogP contribution in [0, 0.1) is 6.92 Å². The van der Waals surface area contributed by atoms with Crippen LogP contribution in [0.2, 0.25) is 0 Å². The molecule has 0 radical (unpaired) electrons. The molecule has 0 spiro atoms. The highest BCUT2D eigenvalue weighted by Crippen LogP contribution is 2.19. The summed E-state index contributed by atoms with van der Waals surface area (Å²) in [5.41, 5.74) is 7.60. The minimum Gasteiger partial charge on any atom is -0.397 e. The SMILES string of the molecule is CCCCS(=O)(=O)CC(=O)Nc1ccc(C)cc1N. The zero-order valence-electron chi connectivity index (χ0n) is 11.3. The first-order valence-electron chi connectivity index (χ1n) is 6.20. The molecule has 0 aromatic heterocycles. The van der Waals surface area contributed by atoms with Crippen molar-refractivity contribution in [3.8, 4) is 0 Å². The van der Waals surface area contributed by atoms with Crippen LogP contribution in [0.25, 0.3) is 0 Å². The van der Waals surface area contributed by atoms with Gasteiger partial charge in [-0.1, -0.05) is 19.4 Å². The maximum Gasteiger partial charge on any atom is 0.239 e. The van der Waals surface area contributed by atoms with Crippen LogP contribution in [0.1, 0.15) is 25.3 Å². The minimum atomic E-state index is -3.34. The molecule has 0 aliphatic rings. The van der Waals surface area contributed by atoms with Gasteiger partial charge in [0.2, 0.25) is 5.91 Å². The number of nitrogens with one attached hydrogen (secondary N) is 1. The normalized spacial score (nSPS) is 11.3. The molecule has 1 aromatic carbocycles. The van der Waals surface area contributed by atoms with E-state index in [1.807, 2.05) is 13.8 Å². The van der Waals surface area contributed by atoms with Gasteiger partial charge in [-0.25, -0.2) is 8.42 Å². The van der Waals surface area contributed by atoms with E-state index in [-0.39, 0.29) is 5.75 Å². The lowest BCUT2D eigenvalue weighted by atomic mass is 10.2. The molecule has 0 unspecified atom stereocenters. The number of anilines is 2. The molecule has 0 bridgehead atoms. The Labute approximate surface area is 114 Å². The van der Waals surface area contributed by atoms with Crippen molar-refractivity contribution in [3.05, 3.63) is 23.8 Å². The number of hydrogen-bond acceptors (Lipinski definition) is 4. The summed E-state index contributed by atoms with van der Waals surface area (Å²) in [5.74, 6) is -1.01. The fourth-order valence-corrected chi connectivity index (χ4v) is 2.96. The molecule has 0 saturated heterocycles. The quantitative estimate of drug-likeness (QED) is 0.778. The molecule has 0 aliphatic carbocycles. The van der Waals surface area contributed by atoms with E-state index in [1.54, 1.807) is 18.2 Å². The molecule has 0 fully saturated rings. The molecule has 0 saturated carbocycles. The van der Waals surface area contributed by atoms with Gasteiger partial charge in [-0.15, -0.1) is 0 Å². The van der Waals surface area contributed by atoms with E-state index in [4.69, 9.17) is 5.73 Å². The maximum atomic E-state index is 11.7. The molecule has 0 heterocycles. The lowest BCUT2D eigenvalue weighted by Crippen LogP contribution is -2.25. The first-order valence-corrected chi connectivity index (χ1v) is 8.02. The predicted molar refractivity (Wildman–Crippen MR) is 77.8 cm³/mol. The minimum absolute atomic E-state index is 0.0420. The Morgan fingerprint density at radius 1 is 1.37 bits per heavy atom. The van der Waals surface area contributed by atoms with Crippen LogP contribution in [0.3, 0.4) is 0 Å². The molecule has 1 amide bonds. The molecular formula is C13H20N2O3S. The standard InChI is InChI=1S/C13H20N2O3S/c1-3-4-7-19(17,18)9-13(16)15-12-6-5-10(2)8-11(12)14/h5-6,8H,3-4,7,9,14H2,1-2H3,(H,15,16). The van der Waals surface area contributed by atoms with Crippen LogP contribution in [0.4, 0.5) is 11.4 Å². The van der Waals surface area contributed by atoms with E-state index in [9.17, 15) is 13.2 Å². The maximum absolute atomic E-state index is 11.7. The Morgan fingerprint density at radius 3 is 2.63 bits per heavy atom. The highest BCUT2D eigenvalue weighted by molar-refractivity contribution is 7.92. The lowest BCUT2D eigenvalue weighted by Gasteiger charge is -2.09. The summed E-state index contributed by atoms with van der Waals surface area (Å²) in [6, 6.07) is 5.19. The third-order valence-corrected chi connectivity index (χ3v) is 4.25. The third-order valence-electron chi connectivity index (χ3n) is 2.64. The van der Waals surface area contributed by atoms with Crippen LogP contribution in [0.15, 0.2) is 18.2 Å². The van der Waals surface area contributed by atoms with Crippen molar-refractivity contribution in [1.29, 1.82) is 0 Å². The number of carbonyl (C=O) groups is 1. The van der Waals surface area contributed by atoms with E-state index in [2.05, 4.69) is 5.32 Å². The smallest absolute Gasteiger partial charge is 0.239 e. The average molecular weight is 284 g/mol. The number of sulfone groups is 1. The van der Waals surface area contributed by atoms with E-state index in [0.717, 1.165) is 12.0 Å². The van der Waals surface area contributed by atoms with Gasteiger partial charge in [-0.3, -0.25) is 4.79 Å². The van der Waals surface area contributed by atoms with Crippen molar-refractivity contribution in [3.63, 3.8) is 0 Å². The summed E-state index contributed by atoms with van der Waals surface area (Å²) in [5, 5.41) is 2.53. The van der Waals surface area contributed by atoms with Crippen LogP contribution < -0.4 is 11.1 Å². The number of benzene rings is 1. The summed E-state index contributed by atoms with van der Waals surface area (Å²) in [6.07, 6.45) is 1.36. The molecule has 6 heteroatoms. The molecular weight excluding hydrogens is 264 g/mol. The number of carbonyl (C=O) groups excluding carboxylic acids is 1. The second-order valence-corrected chi connectivity index (χ2v) is 6.77. The summed E-state index contributed by atoms with van der Waals surface area (Å²) in [7, 11) is -3.34. The van der Waals surface area contributed by atoms with Crippen molar-refractivity contribution in [2.24, 2.45) is 0 Å². The van der Waals surface area contributed by atoms with Crippen LogP contribution in [-0.2, 0) is 14.6 Å². The van der Waals surface area contributed by atoms with E-state index < -0.39 is 21.5 Å². The summed E-state index contributed by atoms with van der Waals surface area (Å²) in [6.45, 7) is 3.79. The number of nitrogen functional groups attached to an aromatic ring is 1. The molecule has 0 atom stereocenters.